The van der Waals surface area contributed by atoms with Gasteiger partial charge in [-0.15, -0.1) is 0 Å². The summed E-state index contributed by atoms with van der Waals surface area (Å²) in [6.07, 6.45) is 10.6. The van der Waals surface area contributed by atoms with E-state index in [1.807, 2.05) is 25.6 Å². The second-order valence-electron chi connectivity index (χ2n) is 5.62. The van der Waals surface area contributed by atoms with Crippen molar-refractivity contribution < 1.29 is 9.53 Å². The molecular formula is C15H25N3O2. The van der Waals surface area contributed by atoms with Crippen LogP contribution in [-0.4, -0.2) is 46.7 Å². The smallest absolute Gasteiger partial charge is 0.322 e. The Kier molecular flexibility index (Phi) is 5.59. The molecule has 1 aliphatic heterocycles. The molecule has 5 heteroatoms. The van der Waals surface area contributed by atoms with Gasteiger partial charge in [0.25, 0.3) is 0 Å². The van der Waals surface area contributed by atoms with Crippen LogP contribution in [0.1, 0.15) is 32.6 Å². The van der Waals surface area contributed by atoms with Crippen LogP contribution in [0.25, 0.3) is 0 Å². The fourth-order valence-corrected chi connectivity index (χ4v) is 2.93. The highest BCUT2D eigenvalue weighted by Gasteiger charge is 2.26. The molecule has 0 radical (unpaired) electrons. The van der Waals surface area contributed by atoms with Crippen LogP contribution in [-0.2, 0) is 16.1 Å². The van der Waals surface area contributed by atoms with Crippen LogP contribution >= 0.6 is 0 Å². The van der Waals surface area contributed by atoms with Crippen LogP contribution in [0.15, 0.2) is 18.7 Å². The van der Waals surface area contributed by atoms with Crippen molar-refractivity contribution in [3.05, 3.63) is 18.7 Å². The van der Waals surface area contributed by atoms with E-state index in [0.29, 0.717) is 0 Å². The second-order valence-corrected chi connectivity index (χ2v) is 5.62. The number of ether oxygens (including phenoxy) is 1. The van der Waals surface area contributed by atoms with Crippen molar-refractivity contribution in [2.24, 2.45) is 5.92 Å². The number of hydrogen-bond donors (Lipinski definition) is 0. The van der Waals surface area contributed by atoms with E-state index < -0.39 is 0 Å². The number of carbonyl (C=O) groups excluding carboxylic acids is 1. The number of imidazole rings is 1. The van der Waals surface area contributed by atoms with Gasteiger partial charge in [-0.25, -0.2) is 4.98 Å². The first-order valence-electron chi connectivity index (χ1n) is 7.48. The Labute approximate surface area is 120 Å². The minimum atomic E-state index is -0.122. The first-order valence-corrected chi connectivity index (χ1v) is 7.48. The summed E-state index contributed by atoms with van der Waals surface area (Å²) in [7, 11) is 1.46. The molecule has 1 aromatic heterocycles. The third kappa shape index (κ3) is 4.07. The van der Waals surface area contributed by atoms with E-state index in [9.17, 15) is 4.79 Å². The number of methoxy groups -OCH3 is 1. The summed E-state index contributed by atoms with van der Waals surface area (Å²) in [5.41, 5.74) is 0. The number of carbonyl (C=O) groups is 1. The van der Waals surface area contributed by atoms with Crippen molar-refractivity contribution in [1.29, 1.82) is 0 Å². The highest BCUT2D eigenvalue weighted by Crippen LogP contribution is 2.23. The maximum atomic E-state index is 11.5. The van der Waals surface area contributed by atoms with Crippen LogP contribution in [0.3, 0.4) is 0 Å². The molecule has 0 saturated carbocycles. The summed E-state index contributed by atoms with van der Waals surface area (Å²) in [4.78, 5) is 17.8. The lowest BCUT2D eigenvalue weighted by atomic mass is 9.91. The molecule has 0 spiro atoms. The van der Waals surface area contributed by atoms with E-state index in [-0.39, 0.29) is 12.0 Å². The molecule has 0 unspecified atom stereocenters. The third-order valence-corrected chi connectivity index (χ3v) is 4.33. The summed E-state index contributed by atoms with van der Waals surface area (Å²) in [5, 5.41) is 0. The van der Waals surface area contributed by atoms with Gasteiger partial charge in [-0.1, -0.05) is 0 Å². The number of hydrogen-bond acceptors (Lipinski definition) is 4. The molecule has 2 rings (SSSR count). The molecular weight excluding hydrogens is 254 g/mol. The summed E-state index contributed by atoms with van der Waals surface area (Å²) in [6, 6.07) is -0.105. The highest BCUT2D eigenvalue weighted by molar-refractivity contribution is 5.75. The van der Waals surface area contributed by atoms with E-state index in [1.165, 1.54) is 32.8 Å². The molecule has 5 nitrogen and oxygen atoms in total. The number of piperidine rings is 1. The first kappa shape index (κ1) is 15.0. The molecule has 20 heavy (non-hydrogen) atoms. The Morgan fingerprint density at radius 2 is 2.20 bits per heavy atom. The average Bonchev–Trinajstić information content (AvgIpc) is 2.99. The number of nitrogens with zero attached hydrogens (tertiary/aromatic N) is 3. The first-order chi connectivity index (χ1) is 9.70. The fraction of sp³-hybridized carbons (Fsp3) is 0.733. The topological polar surface area (TPSA) is 47.4 Å². The number of aromatic nitrogens is 2. The molecule has 0 N–H and O–H groups in total. The number of aryl methyl sites for hydroxylation is 1. The Morgan fingerprint density at radius 1 is 1.45 bits per heavy atom. The molecule has 1 aromatic rings. The van der Waals surface area contributed by atoms with Crippen molar-refractivity contribution in [2.45, 2.75) is 45.2 Å². The van der Waals surface area contributed by atoms with E-state index in [2.05, 4.69) is 14.5 Å². The lowest BCUT2D eigenvalue weighted by molar-refractivity contribution is -0.146. The van der Waals surface area contributed by atoms with Crippen molar-refractivity contribution >= 4 is 5.97 Å². The van der Waals surface area contributed by atoms with Gasteiger partial charge in [0.2, 0.25) is 0 Å². The van der Waals surface area contributed by atoms with Gasteiger partial charge in [-0.3, -0.25) is 9.69 Å². The maximum Gasteiger partial charge on any atom is 0.322 e. The minimum Gasteiger partial charge on any atom is -0.468 e. The van der Waals surface area contributed by atoms with Crippen molar-refractivity contribution in [3.8, 4) is 0 Å². The van der Waals surface area contributed by atoms with Crippen molar-refractivity contribution in [2.75, 3.05) is 20.2 Å². The summed E-state index contributed by atoms with van der Waals surface area (Å²) in [5.74, 6) is 0.670. The van der Waals surface area contributed by atoms with Crippen molar-refractivity contribution in [1.82, 2.24) is 14.5 Å². The SMILES string of the molecule is COC(=O)[C@H](C)N1CCC(CCCn2ccnc2)CC1. The summed E-state index contributed by atoms with van der Waals surface area (Å²) < 4.78 is 6.94. The van der Waals surface area contributed by atoms with Crippen LogP contribution < -0.4 is 0 Å². The lowest BCUT2D eigenvalue weighted by Crippen LogP contribution is -2.44. The molecule has 1 fully saturated rings. The van der Waals surface area contributed by atoms with Crippen molar-refractivity contribution in [3.63, 3.8) is 0 Å². The quantitative estimate of drug-likeness (QED) is 0.747. The standard InChI is InChI=1S/C15H25N3O2/c1-13(15(19)20-2)18-9-5-14(6-10-18)4-3-8-17-11-7-16-12-17/h7,11-14H,3-6,8-10H2,1-2H3/t13-/m0/s1. The van der Waals surface area contributed by atoms with Crippen LogP contribution in [0, 0.1) is 5.92 Å². The molecule has 0 aliphatic carbocycles. The lowest BCUT2D eigenvalue weighted by Gasteiger charge is -2.34. The molecule has 0 amide bonds. The molecule has 1 atom stereocenters. The minimum absolute atomic E-state index is 0.105. The van der Waals surface area contributed by atoms with E-state index in [0.717, 1.165) is 25.6 Å². The maximum absolute atomic E-state index is 11.5. The van der Waals surface area contributed by atoms with Gasteiger partial charge in [0.15, 0.2) is 0 Å². The monoisotopic (exact) mass is 279 g/mol. The number of rotatable bonds is 6. The zero-order valence-electron chi connectivity index (χ0n) is 12.5. The average molecular weight is 279 g/mol. The summed E-state index contributed by atoms with van der Waals surface area (Å²) in [6.45, 7) is 5.00. The predicted octanol–water partition coefficient (Wildman–Crippen LogP) is 1.94. The Hall–Kier alpha value is -1.36. The van der Waals surface area contributed by atoms with Gasteiger partial charge in [-0.05, 0) is 51.6 Å². The van der Waals surface area contributed by atoms with Crippen LogP contribution in [0.4, 0.5) is 0 Å². The van der Waals surface area contributed by atoms with E-state index in [4.69, 9.17) is 4.74 Å². The van der Waals surface area contributed by atoms with E-state index in [1.54, 1.807) is 0 Å². The Balaban J connectivity index is 1.65. The number of esters is 1. The fourth-order valence-electron chi connectivity index (χ4n) is 2.93. The van der Waals surface area contributed by atoms with Gasteiger partial charge in [0, 0.05) is 18.9 Å². The van der Waals surface area contributed by atoms with Crippen LogP contribution in [0.2, 0.25) is 0 Å². The van der Waals surface area contributed by atoms with Gasteiger partial charge in [0.1, 0.15) is 6.04 Å². The van der Waals surface area contributed by atoms with Gasteiger partial charge in [0.05, 0.1) is 13.4 Å². The Morgan fingerprint density at radius 3 is 2.80 bits per heavy atom. The molecule has 0 bridgehead atoms. The molecule has 1 aliphatic rings. The molecule has 112 valence electrons. The Bertz CT molecular complexity index is 397. The third-order valence-electron chi connectivity index (χ3n) is 4.33. The largest absolute Gasteiger partial charge is 0.468 e. The van der Waals surface area contributed by atoms with Crippen LogP contribution in [0.5, 0.6) is 0 Å². The van der Waals surface area contributed by atoms with E-state index >= 15 is 0 Å². The van der Waals surface area contributed by atoms with Gasteiger partial charge < -0.3 is 9.30 Å². The zero-order chi connectivity index (χ0) is 14.4. The molecule has 1 saturated heterocycles. The summed E-state index contributed by atoms with van der Waals surface area (Å²) >= 11 is 0. The normalized spacial score (nSPS) is 18.9. The van der Waals surface area contributed by atoms with Gasteiger partial charge in [-0.2, -0.15) is 0 Å². The predicted molar refractivity (Wildman–Crippen MR) is 77.2 cm³/mol. The highest BCUT2D eigenvalue weighted by atomic mass is 16.5. The number of likely N-dealkylation sites (tertiary alicyclic amines) is 1. The zero-order valence-corrected chi connectivity index (χ0v) is 12.5. The molecule has 0 aromatic carbocycles. The molecule has 2 heterocycles. The second kappa shape index (κ2) is 7.43. The van der Waals surface area contributed by atoms with Gasteiger partial charge >= 0.3 is 5.97 Å².